The van der Waals surface area contributed by atoms with Crippen LogP contribution in [0.5, 0.6) is 0 Å². The molecule has 0 saturated carbocycles. The van der Waals surface area contributed by atoms with Crippen LogP contribution in [0, 0.1) is 13.8 Å². The van der Waals surface area contributed by atoms with Gasteiger partial charge in [0.05, 0.1) is 0 Å². The van der Waals surface area contributed by atoms with Crippen LogP contribution in [0.3, 0.4) is 0 Å². The van der Waals surface area contributed by atoms with Crippen molar-refractivity contribution >= 4 is 28.6 Å². The molecule has 0 spiro atoms. The minimum atomic E-state index is 0.422. The van der Waals surface area contributed by atoms with Crippen LogP contribution in [0.25, 0.3) is 11.3 Å². The molecular formula is C18H22N6O. The Hall–Kier alpha value is -2.70. The van der Waals surface area contributed by atoms with E-state index >= 15 is 0 Å². The van der Waals surface area contributed by atoms with Gasteiger partial charge in [0.1, 0.15) is 0 Å². The van der Waals surface area contributed by atoms with Crippen molar-refractivity contribution in [1.29, 1.82) is 0 Å². The Labute approximate surface area is 146 Å². The molecule has 0 amide bonds. The quantitative estimate of drug-likeness (QED) is 0.779. The Morgan fingerprint density at radius 1 is 0.960 bits per heavy atom. The van der Waals surface area contributed by atoms with E-state index in [1.165, 1.54) is 36.8 Å². The lowest BCUT2D eigenvalue weighted by Gasteiger charge is -2.23. The van der Waals surface area contributed by atoms with Crippen LogP contribution in [0.1, 0.15) is 36.8 Å². The van der Waals surface area contributed by atoms with Crippen molar-refractivity contribution in [3.05, 3.63) is 29.3 Å². The van der Waals surface area contributed by atoms with E-state index in [1.807, 2.05) is 0 Å². The maximum Gasteiger partial charge on any atom is 0.245 e. The van der Waals surface area contributed by atoms with E-state index in [-0.39, 0.29) is 0 Å². The number of nitrogens with zero attached hydrogens (tertiary/aromatic N) is 5. The van der Waals surface area contributed by atoms with E-state index in [9.17, 15) is 0 Å². The summed E-state index contributed by atoms with van der Waals surface area (Å²) in [5, 5.41) is 11.1. The zero-order chi connectivity index (χ0) is 17.2. The highest BCUT2D eigenvalue weighted by Gasteiger charge is 2.20. The van der Waals surface area contributed by atoms with Crippen LogP contribution < -0.4 is 10.2 Å². The van der Waals surface area contributed by atoms with Crippen LogP contribution in [0.2, 0.25) is 0 Å². The smallest absolute Gasteiger partial charge is 0.245 e. The molecule has 0 aliphatic carbocycles. The number of hydrogen-bond acceptors (Lipinski definition) is 7. The minimum absolute atomic E-state index is 0.422. The summed E-state index contributed by atoms with van der Waals surface area (Å²) in [6.07, 6.45) is 4.86. The van der Waals surface area contributed by atoms with Crippen molar-refractivity contribution in [2.75, 3.05) is 23.3 Å². The first-order valence-corrected chi connectivity index (χ1v) is 8.80. The van der Waals surface area contributed by atoms with Crippen molar-refractivity contribution < 1.29 is 4.63 Å². The van der Waals surface area contributed by atoms with Crippen LogP contribution >= 0.6 is 0 Å². The van der Waals surface area contributed by atoms with Crippen LogP contribution in [-0.2, 0) is 0 Å². The fourth-order valence-electron chi connectivity index (χ4n) is 3.30. The Morgan fingerprint density at radius 3 is 2.40 bits per heavy atom. The molecule has 130 valence electrons. The molecule has 0 unspecified atom stereocenters. The SMILES string of the molecule is Cc1ccc(Nc2nc3nonc3nc2N2CCCCCC2)c(C)c1. The second-order valence-electron chi connectivity index (χ2n) is 6.65. The molecule has 1 fully saturated rings. The van der Waals surface area contributed by atoms with Gasteiger partial charge in [-0.2, -0.15) is 0 Å². The highest BCUT2D eigenvalue weighted by molar-refractivity contribution is 5.77. The maximum absolute atomic E-state index is 4.81. The molecule has 7 heteroatoms. The van der Waals surface area contributed by atoms with E-state index < -0.39 is 0 Å². The van der Waals surface area contributed by atoms with E-state index in [4.69, 9.17) is 4.63 Å². The fourth-order valence-corrected chi connectivity index (χ4v) is 3.30. The third kappa shape index (κ3) is 3.26. The molecule has 3 heterocycles. The van der Waals surface area contributed by atoms with Gasteiger partial charge >= 0.3 is 0 Å². The number of aromatic nitrogens is 4. The summed E-state index contributed by atoms with van der Waals surface area (Å²) in [7, 11) is 0. The van der Waals surface area contributed by atoms with Crippen molar-refractivity contribution in [3.63, 3.8) is 0 Å². The summed E-state index contributed by atoms with van der Waals surface area (Å²) in [5.74, 6) is 1.53. The average Bonchev–Trinajstić information content (AvgIpc) is 2.88. The van der Waals surface area contributed by atoms with Gasteiger partial charge in [-0.05, 0) is 48.6 Å². The van der Waals surface area contributed by atoms with Crippen molar-refractivity contribution in [2.24, 2.45) is 0 Å². The van der Waals surface area contributed by atoms with Gasteiger partial charge in [-0.3, -0.25) is 0 Å². The molecule has 1 aromatic carbocycles. The van der Waals surface area contributed by atoms with Gasteiger partial charge in [-0.15, -0.1) is 0 Å². The summed E-state index contributed by atoms with van der Waals surface area (Å²) in [6, 6.07) is 6.31. The topological polar surface area (TPSA) is 80.0 Å². The molecule has 2 aromatic heterocycles. The van der Waals surface area contributed by atoms with Gasteiger partial charge in [0, 0.05) is 18.8 Å². The fraction of sp³-hybridized carbons (Fsp3) is 0.444. The normalized spacial score (nSPS) is 15.4. The number of hydrogen-bond donors (Lipinski definition) is 1. The van der Waals surface area contributed by atoms with Crippen LogP contribution in [0.15, 0.2) is 22.8 Å². The second kappa shape index (κ2) is 6.66. The molecule has 1 N–H and O–H groups in total. The van der Waals surface area contributed by atoms with E-state index in [1.54, 1.807) is 0 Å². The van der Waals surface area contributed by atoms with E-state index in [0.717, 1.165) is 24.6 Å². The van der Waals surface area contributed by atoms with Gasteiger partial charge in [0.15, 0.2) is 11.6 Å². The van der Waals surface area contributed by atoms with Gasteiger partial charge in [-0.25, -0.2) is 14.6 Å². The monoisotopic (exact) mass is 338 g/mol. The predicted molar refractivity (Wildman–Crippen MR) is 97.3 cm³/mol. The lowest BCUT2D eigenvalue weighted by Crippen LogP contribution is -2.26. The highest BCUT2D eigenvalue weighted by atomic mass is 16.6. The number of anilines is 3. The van der Waals surface area contributed by atoms with Crippen LogP contribution in [-0.4, -0.2) is 33.4 Å². The Morgan fingerprint density at radius 2 is 1.68 bits per heavy atom. The van der Waals surface area contributed by atoms with Crippen molar-refractivity contribution in [1.82, 2.24) is 20.3 Å². The lowest BCUT2D eigenvalue weighted by molar-refractivity contribution is 0.314. The van der Waals surface area contributed by atoms with E-state index in [0.29, 0.717) is 17.1 Å². The maximum atomic E-state index is 4.81. The zero-order valence-electron chi connectivity index (χ0n) is 14.6. The van der Waals surface area contributed by atoms with Gasteiger partial charge in [0.25, 0.3) is 0 Å². The highest BCUT2D eigenvalue weighted by Crippen LogP contribution is 2.30. The van der Waals surface area contributed by atoms with Gasteiger partial charge < -0.3 is 10.2 Å². The van der Waals surface area contributed by atoms with Crippen molar-refractivity contribution in [3.8, 4) is 0 Å². The standard InChI is InChI=1S/C18H22N6O/c1-12-7-8-14(13(2)11-12)19-17-18(24-9-5-3-4-6-10-24)21-16-15(20-17)22-25-23-16/h7-8,11H,3-6,9-10H2,1-2H3,(H,19,20,22). The number of fused-ring (bicyclic) bond motifs is 1. The molecule has 25 heavy (non-hydrogen) atoms. The summed E-state index contributed by atoms with van der Waals surface area (Å²) in [6.45, 7) is 6.14. The molecule has 0 radical (unpaired) electrons. The molecule has 1 saturated heterocycles. The average molecular weight is 338 g/mol. The summed E-state index contributed by atoms with van der Waals surface area (Å²) >= 11 is 0. The summed E-state index contributed by atoms with van der Waals surface area (Å²) in [4.78, 5) is 11.6. The first kappa shape index (κ1) is 15.8. The molecule has 1 aliphatic heterocycles. The number of nitrogens with one attached hydrogen (secondary N) is 1. The minimum Gasteiger partial charge on any atom is -0.353 e. The summed E-state index contributed by atoms with van der Waals surface area (Å²) in [5.41, 5.74) is 4.29. The molecule has 0 bridgehead atoms. The zero-order valence-corrected chi connectivity index (χ0v) is 14.6. The van der Waals surface area contributed by atoms with E-state index in [2.05, 4.69) is 62.5 Å². The van der Waals surface area contributed by atoms with Crippen molar-refractivity contribution in [2.45, 2.75) is 39.5 Å². The Bertz CT molecular complexity index is 882. The Balaban J connectivity index is 1.75. The lowest BCUT2D eigenvalue weighted by atomic mass is 10.1. The summed E-state index contributed by atoms with van der Waals surface area (Å²) < 4.78 is 4.81. The molecule has 3 aromatic rings. The van der Waals surface area contributed by atoms with Gasteiger partial charge in [0.2, 0.25) is 11.3 Å². The third-order valence-corrected chi connectivity index (χ3v) is 4.64. The molecule has 4 rings (SSSR count). The molecule has 7 nitrogen and oxygen atoms in total. The predicted octanol–water partition coefficient (Wildman–Crippen LogP) is 3.75. The Kier molecular flexibility index (Phi) is 4.21. The van der Waals surface area contributed by atoms with Gasteiger partial charge in [-0.1, -0.05) is 30.5 Å². The van der Waals surface area contributed by atoms with Crippen LogP contribution in [0.4, 0.5) is 17.3 Å². The molecule has 1 aliphatic rings. The first-order chi connectivity index (χ1) is 12.2. The number of rotatable bonds is 3. The first-order valence-electron chi connectivity index (χ1n) is 8.80. The third-order valence-electron chi connectivity index (χ3n) is 4.64. The number of benzene rings is 1. The second-order valence-corrected chi connectivity index (χ2v) is 6.65. The molecule has 0 atom stereocenters. The number of aryl methyl sites for hydroxylation is 2. The molecular weight excluding hydrogens is 316 g/mol. The largest absolute Gasteiger partial charge is 0.353 e.